The minimum absolute atomic E-state index is 0.220. The lowest BCUT2D eigenvalue weighted by Crippen LogP contribution is -2.22. The molecule has 0 saturated heterocycles. The molecule has 0 bridgehead atoms. The first-order valence-corrected chi connectivity index (χ1v) is 5.65. The molecule has 0 aromatic heterocycles. The second kappa shape index (κ2) is 6.11. The number of hydrogen-bond acceptors (Lipinski definition) is 2. The zero-order valence-corrected chi connectivity index (χ0v) is 9.96. The van der Waals surface area contributed by atoms with Crippen LogP contribution < -0.4 is 5.32 Å². The summed E-state index contributed by atoms with van der Waals surface area (Å²) in [6.07, 6.45) is 0.505. The average molecular weight is 228 g/mol. The minimum atomic E-state index is -0.254. The van der Waals surface area contributed by atoms with E-state index < -0.39 is 0 Å². The van der Waals surface area contributed by atoms with E-state index in [1.54, 1.807) is 6.92 Å². The number of benzene rings is 1. The molecule has 84 valence electrons. The Morgan fingerprint density at radius 3 is 2.60 bits per heavy atom. The summed E-state index contributed by atoms with van der Waals surface area (Å²) in [7, 11) is 0. The Kier molecular flexibility index (Phi) is 5.09. The summed E-state index contributed by atoms with van der Waals surface area (Å²) >= 11 is 6.07. The quantitative estimate of drug-likeness (QED) is 0.811. The van der Waals surface area contributed by atoms with Gasteiger partial charge in [-0.25, -0.2) is 0 Å². The van der Waals surface area contributed by atoms with Crippen LogP contribution in [0.3, 0.4) is 0 Å². The molecule has 1 rings (SSSR count). The van der Waals surface area contributed by atoms with Crippen LogP contribution in [0.5, 0.6) is 0 Å². The summed E-state index contributed by atoms with van der Waals surface area (Å²) in [6.45, 7) is 4.66. The van der Waals surface area contributed by atoms with Crippen molar-refractivity contribution >= 4 is 11.6 Å². The third-order valence-electron chi connectivity index (χ3n) is 2.38. The highest BCUT2D eigenvalue weighted by atomic mass is 35.5. The van der Waals surface area contributed by atoms with Gasteiger partial charge in [-0.2, -0.15) is 0 Å². The van der Waals surface area contributed by atoms with Gasteiger partial charge in [0.25, 0.3) is 0 Å². The van der Waals surface area contributed by atoms with E-state index in [1.807, 2.05) is 24.3 Å². The van der Waals surface area contributed by atoms with Crippen LogP contribution in [0.1, 0.15) is 31.9 Å². The fourth-order valence-electron chi connectivity index (χ4n) is 1.44. The molecule has 0 heterocycles. The molecule has 0 fully saturated rings. The summed E-state index contributed by atoms with van der Waals surface area (Å²) in [5.41, 5.74) is 1.10. The van der Waals surface area contributed by atoms with Gasteiger partial charge < -0.3 is 10.4 Å². The number of aliphatic hydroxyl groups is 1. The van der Waals surface area contributed by atoms with E-state index in [0.29, 0.717) is 0 Å². The van der Waals surface area contributed by atoms with E-state index in [4.69, 9.17) is 16.7 Å². The first-order valence-electron chi connectivity index (χ1n) is 5.27. The average Bonchev–Trinajstić information content (AvgIpc) is 2.17. The SMILES string of the molecule is CC(O)CCN[C@H](C)c1ccccc1Cl. The van der Waals surface area contributed by atoms with Crippen molar-refractivity contribution in [2.24, 2.45) is 0 Å². The van der Waals surface area contributed by atoms with E-state index in [0.717, 1.165) is 23.6 Å². The van der Waals surface area contributed by atoms with Gasteiger partial charge in [0.1, 0.15) is 0 Å². The summed E-state index contributed by atoms with van der Waals surface area (Å²) in [4.78, 5) is 0. The molecule has 0 aliphatic heterocycles. The molecule has 15 heavy (non-hydrogen) atoms. The number of halogens is 1. The van der Waals surface area contributed by atoms with Crippen LogP contribution in [0.25, 0.3) is 0 Å². The van der Waals surface area contributed by atoms with Gasteiger partial charge in [0.15, 0.2) is 0 Å². The second-order valence-corrected chi connectivity index (χ2v) is 4.24. The number of hydrogen-bond donors (Lipinski definition) is 2. The van der Waals surface area contributed by atoms with Crippen molar-refractivity contribution in [3.05, 3.63) is 34.9 Å². The van der Waals surface area contributed by atoms with Crippen molar-refractivity contribution in [2.45, 2.75) is 32.4 Å². The molecular formula is C12H18ClNO. The zero-order chi connectivity index (χ0) is 11.3. The van der Waals surface area contributed by atoms with Crippen molar-refractivity contribution in [3.63, 3.8) is 0 Å². The Balaban J connectivity index is 2.47. The Hall–Kier alpha value is -0.570. The van der Waals surface area contributed by atoms with Gasteiger partial charge >= 0.3 is 0 Å². The highest BCUT2D eigenvalue weighted by Crippen LogP contribution is 2.21. The van der Waals surface area contributed by atoms with Crippen LogP contribution in [-0.2, 0) is 0 Å². The highest BCUT2D eigenvalue weighted by Gasteiger charge is 2.07. The first-order chi connectivity index (χ1) is 7.11. The third-order valence-corrected chi connectivity index (χ3v) is 2.73. The molecule has 1 aromatic carbocycles. The molecule has 3 heteroatoms. The molecule has 2 atom stereocenters. The topological polar surface area (TPSA) is 32.3 Å². The molecule has 0 aliphatic carbocycles. The number of aliphatic hydroxyl groups excluding tert-OH is 1. The van der Waals surface area contributed by atoms with Crippen LogP contribution in [0.15, 0.2) is 24.3 Å². The lowest BCUT2D eigenvalue weighted by molar-refractivity contribution is 0.182. The van der Waals surface area contributed by atoms with Gasteiger partial charge in [-0.05, 0) is 38.4 Å². The Morgan fingerprint density at radius 1 is 1.33 bits per heavy atom. The van der Waals surface area contributed by atoms with Gasteiger partial charge in [-0.3, -0.25) is 0 Å². The van der Waals surface area contributed by atoms with E-state index >= 15 is 0 Å². The van der Waals surface area contributed by atoms with Crippen LogP contribution in [-0.4, -0.2) is 17.8 Å². The van der Waals surface area contributed by atoms with E-state index in [2.05, 4.69) is 12.2 Å². The lowest BCUT2D eigenvalue weighted by atomic mass is 10.1. The van der Waals surface area contributed by atoms with Gasteiger partial charge in [0.2, 0.25) is 0 Å². The van der Waals surface area contributed by atoms with Gasteiger partial charge in [0, 0.05) is 11.1 Å². The fraction of sp³-hybridized carbons (Fsp3) is 0.500. The maximum absolute atomic E-state index is 9.12. The van der Waals surface area contributed by atoms with E-state index in [-0.39, 0.29) is 12.1 Å². The summed E-state index contributed by atoms with van der Waals surface area (Å²) < 4.78 is 0. The highest BCUT2D eigenvalue weighted by molar-refractivity contribution is 6.31. The Bertz CT molecular complexity index is 301. The number of nitrogens with one attached hydrogen (secondary N) is 1. The molecule has 0 aliphatic rings. The van der Waals surface area contributed by atoms with Crippen molar-refractivity contribution in [2.75, 3.05) is 6.54 Å². The van der Waals surface area contributed by atoms with Gasteiger partial charge in [-0.15, -0.1) is 0 Å². The van der Waals surface area contributed by atoms with Crippen LogP contribution >= 0.6 is 11.6 Å². The second-order valence-electron chi connectivity index (χ2n) is 3.84. The molecule has 2 N–H and O–H groups in total. The molecule has 1 unspecified atom stereocenters. The van der Waals surface area contributed by atoms with Crippen molar-refractivity contribution in [1.82, 2.24) is 5.32 Å². The minimum Gasteiger partial charge on any atom is -0.393 e. The normalized spacial score (nSPS) is 14.9. The standard InChI is InChI=1S/C12H18ClNO/c1-9(15)7-8-14-10(2)11-5-3-4-6-12(11)13/h3-6,9-10,14-15H,7-8H2,1-2H3/t9?,10-/m1/s1. The van der Waals surface area contributed by atoms with Crippen LogP contribution in [0.4, 0.5) is 0 Å². The van der Waals surface area contributed by atoms with Crippen molar-refractivity contribution in [3.8, 4) is 0 Å². The largest absolute Gasteiger partial charge is 0.393 e. The predicted octanol–water partition coefficient (Wildman–Crippen LogP) is 2.76. The molecule has 1 aromatic rings. The monoisotopic (exact) mass is 227 g/mol. The van der Waals surface area contributed by atoms with E-state index in [1.165, 1.54) is 0 Å². The molecule has 0 saturated carbocycles. The Labute approximate surface area is 96.3 Å². The maximum Gasteiger partial charge on any atom is 0.0524 e. The maximum atomic E-state index is 9.12. The fourth-order valence-corrected chi connectivity index (χ4v) is 1.74. The molecule has 0 spiro atoms. The molecule has 0 radical (unpaired) electrons. The third kappa shape index (κ3) is 4.20. The van der Waals surface area contributed by atoms with E-state index in [9.17, 15) is 0 Å². The smallest absolute Gasteiger partial charge is 0.0524 e. The number of rotatable bonds is 5. The lowest BCUT2D eigenvalue weighted by Gasteiger charge is -2.16. The van der Waals surface area contributed by atoms with Crippen molar-refractivity contribution < 1.29 is 5.11 Å². The van der Waals surface area contributed by atoms with Crippen LogP contribution in [0.2, 0.25) is 5.02 Å². The first kappa shape index (κ1) is 12.5. The summed E-state index contributed by atoms with van der Waals surface area (Å²) in [5.74, 6) is 0. The van der Waals surface area contributed by atoms with Crippen LogP contribution in [0, 0.1) is 0 Å². The molecular weight excluding hydrogens is 210 g/mol. The Morgan fingerprint density at radius 2 is 2.00 bits per heavy atom. The van der Waals surface area contributed by atoms with Crippen molar-refractivity contribution in [1.29, 1.82) is 0 Å². The molecule has 2 nitrogen and oxygen atoms in total. The summed E-state index contributed by atoms with van der Waals surface area (Å²) in [6, 6.07) is 8.03. The van der Waals surface area contributed by atoms with Gasteiger partial charge in [-0.1, -0.05) is 29.8 Å². The molecule has 0 amide bonds. The van der Waals surface area contributed by atoms with Gasteiger partial charge in [0.05, 0.1) is 6.10 Å². The predicted molar refractivity (Wildman–Crippen MR) is 64.2 cm³/mol. The zero-order valence-electron chi connectivity index (χ0n) is 9.20. The summed E-state index contributed by atoms with van der Waals surface area (Å²) in [5, 5.41) is 13.2.